The summed E-state index contributed by atoms with van der Waals surface area (Å²) in [5, 5.41) is 3.57. The molecule has 0 fully saturated rings. The van der Waals surface area contributed by atoms with E-state index in [9.17, 15) is 0 Å². The third kappa shape index (κ3) is 3.09. The summed E-state index contributed by atoms with van der Waals surface area (Å²) in [5.74, 6) is 0.890. The predicted molar refractivity (Wildman–Crippen MR) is 75.1 cm³/mol. The summed E-state index contributed by atoms with van der Waals surface area (Å²) >= 11 is 1.68. The van der Waals surface area contributed by atoms with E-state index in [-0.39, 0.29) is 0 Å². The van der Waals surface area contributed by atoms with E-state index in [1.807, 2.05) is 23.8 Å². The predicted octanol–water partition coefficient (Wildman–Crippen LogP) is 3.56. The van der Waals surface area contributed by atoms with Crippen molar-refractivity contribution in [2.24, 2.45) is 0 Å². The number of benzene rings is 1. The summed E-state index contributed by atoms with van der Waals surface area (Å²) in [5.41, 5.74) is 3.12. The van der Waals surface area contributed by atoms with Gasteiger partial charge in [0.05, 0.1) is 12.6 Å². The van der Waals surface area contributed by atoms with Crippen molar-refractivity contribution in [2.45, 2.75) is 25.9 Å². The number of nitrogens with one attached hydrogen (secondary N) is 1. The minimum Gasteiger partial charge on any atom is -0.497 e. The first-order valence-corrected chi connectivity index (χ1v) is 6.87. The van der Waals surface area contributed by atoms with Crippen molar-refractivity contribution < 1.29 is 4.74 Å². The molecule has 2 atom stereocenters. The van der Waals surface area contributed by atoms with E-state index in [1.165, 1.54) is 10.4 Å². The molecule has 0 amide bonds. The molecule has 0 saturated heterocycles. The molecule has 2 rings (SSSR count). The van der Waals surface area contributed by atoms with Gasteiger partial charge in [-0.05, 0) is 31.5 Å². The summed E-state index contributed by atoms with van der Waals surface area (Å²) in [6.07, 6.45) is 1.92. The second-order valence-electron chi connectivity index (χ2n) is 4.29. The van der Waals surface area contributed by atoms with E-state index in [1.54, 1.807) is 18.4 Å². The third-order valence-corrected chi connectivity index (χ3v) is 3.95. The van der Waals surface area contributed by atoms with Crippen LogP contribution in [-0.4, -0.2) is 12.1 Å². The first-order valence-electron chi connectivity index (χ1n) is 5.99. The first-order chi connectivity index (χ1) is 8.70. The van der Waals surface area contributed by atoms with Crippen molar-refractivity contribution in [2.75, 3.05) is 7.11 Å². The van der Waals surface area contributed by atoms with Gasteiger partial charge in [0.25, 0.3) is 0 Å². The number of thiazole rings is 1. The van der Waals surface area contributed by atoms with Gasteiger partial charge in [0.15, 0.2) is 0 Å². The van der Waals surface area contributed by atoms with Crippen LogP contribution in [0.1, 0.15) is 36.4 Å². The molecule has 3 nitrogen and oxygen atoms in total. The summed E-state index contributed by atoms with van der Waals surface area (Å²) in [4.78, 5) is 5.37. The Morgan fingerprint density at radius 3 is 2.44 bits per heavy atom. The molecule has 0 aliphatic rings. The Morgan fingerprint density at radius 2 is 1.89 bits per heavy atom. The second kappa shape index (κ2) is 5.98. The molecule has 0 aliphatic carbocycles. The summed E-state index contributed by atoms with van der Waals surface area (Å²) < 4.78 is 5.16. The van der Waals surface area contributed by atoms with Crippen LogP contribution in [0.25, 0.3) is 0 Å². The maximum absolute atomic E-state index is 5.16. The quantitative estimate of drug-likeness (QED) is 0.894. The molecular weight excluding hydrogens is 244 g/mol. The van der Waals surface area contributed by atoms with Crippen molar-refractivity contribution in [3.8, 4) is 5.75 Å². The molecular formula is C14H18N2OS. The zero-order valence-electron chi connectivity index (χ0n) is 10.9. The molecule has 1 N–H and O–H groups in total. The standard InChI is InChI=1S/C14H18N2OS/c1-10(12-4-6-13(17-3)7-5-12)16-11(2)14-8-15-9-18-14/h4-11,16H,1-3H3. The third-order valence-electron chi connectivity index (χ3n) is 2.99. The molecule has 2 unspecified atom stereocenters. The smallest absolute Gasteiger partial charge is 0.118 e. The molecule has 0 spiro atoms. The largest absolute Gasteiger partial charge is 0.497 e. The SMILES string of the molecule is COc1ccc(C(C)NC(C)c2cncs2)cc1. The van der Waals surface area contributed by atoms with E-state index in [2.05, 4.69) is 36.3 Å². The van der Waals surface area contributed by atoms with Gasteiger partial charge in [-0.25, -0.2) is 0 Å². The Labute approximate surface area is 112 Å². The zero-order valence-corrected chi connectivity index (χ0v) is 11.7. The highest BCUT2D eigenvalue weighted by Crippen LogP contribution is 2.22. The fraction of sp³-hybridized carbons (Fsp3) is 0.357. The Bertz CT molecular complexity index is 467. The number of nitrogens with zero attached hydrogens (tertiary/aromatic N) is 1. The highest BCUT2D eigenvalue weighted by molar-refractivity contribution is 7.09. The van der Waals surface area contributed by atoms with Crippen molar-refractivity contribution in [3.05, 3.63) is 46.4 Å². The number of aromatic nitrogens is 1. The summed E-state index contributed by atoms with van der Waals surface area (Å²) in [7, 11) is 1.68. The highest BCUT2D eigenvalue weighted by Gasteiger charge is 2.12. The maximum Gasteiger partial charge on any atom is 0.118 e. The van der Waals surface area contributed by atoms with Crippen LogP contribution in [0.4, 0.5) is 0 Å². The molecule has 0 saturated carbocycles. The molecule has 1 aromatic carbocycles. The monoisotopic (exact) mass is 262 g/mol. The van der Waals surface area contributed by atoms with Gasteiger partial charge in [-0.2, -0.15) is 0 Å². The average molecular weight is 262 g/mol. The van der Waals surface area contributed by atoms with Gasteiger partial charge in [0.1, 0.15) is 5.75 Å². The lowest BCUT2D eigenvalue weighted by molar-refractivity contribution is 0.414. The molecule has 1 heterocycles. The minimum absolute atomic E-state index is 0.299. The van der Waals surface area contributed by atoms with Crippen LogP contribution in [0.2, 0.25) is 0 Å². The molecule has 2 aromatic rings. The van der Waals surface area contributed by atoms with Crippen LogP contribution in [0.15, 0.2) is 36.0 Å². The highest BCUT2D eigenvalue weighted by atomic mass is 32.1. The molecule has 18 heavy (non-hydrogen) atoms. The Hall–Kier alpha value is -1.39. The second-order valence-corrected chi connectivity index (χ2v) is 5.20. The van der Waals surface area contributed by atoms with Crippen LogP contribution < -0.4 is 10.1 Å². The Morgan fingerprint density at radius 1 is 1.17 bits per heavy atom. The summed E-state index contributed by atoms with van der Waals surface area (Å²) in [6, 6.07) is 8.78. The molecule has 4 heteroatoms. The van der Waals surface area contributed by atoms with E-state index in [0.717, 1.165) is 5.75 Å². The van der Waals surface area contributed by atoms with Crippen LogP contribution in [0, 0.1) is 0 Å². The van der Waals surface area contributed by atoms with E-state index in [4.69, 9.17) is 4.74 Å². The lowest BCUT2D eigenvalue weighted by Gasteiger charge is -2.19. The number of methoxy groups -OCH3 is 1. The van der Waals surface area contributed by atoms with Gasteiger partial charge in [-0.1, -0.05) is 12.1 Å². The molecule has 0 aliphatic heterocycles. The minimum atomic E-state index is 0.299. The van der Waals surface area contributed by atoms with Crippen molar-refractivity contribution >= 4 is 11.3 Å². The number of hydrogen-bond donors (Lipinski definition) is 1. The van der Waals surface area contributed by atoms with Crippen LogP contribution in [-0.2, 0) is 0 Å². The van der Waals surface area contributed by atoms with Crippen molar-refractivity contribution in [1.82, 2.24) is 10.3 Å². The van der Waals surface area contributed by atoms with Crippen molar-refractivity contribution in [3.63, 3.8) is 0 Å². The average Bonchev–Trinajstić information content (AvgIpc) is 2.92. The van der Waals surface area contributed by atoms with Gasteiger partial charge in [-0.15, -0.1) is 11.3 Å². The van der Waals surface area contributed by atoms with Crippen LogP contribution in [0.3, 0.4) is 0 Å². The number of hydrogen-bond acceptors (Lipinski definition) is 4. The number of ether oxygens (including phenoxy) is 1. The lowest BCUT2D eigenvalue weighted by Crippen LogP contribution is -2.21. The fourth-order valence-corrected chi connectivity index (χ4v) is 2.52. The zero-order chi connectivity index (χ0) is 13.0. The lowest BCUT2D eigenvalue weighted by atomic mass is 10.1. The van der Waals surface area contributed by atoms with Gasteiger partial charge in [-0.3, -0.25) is 4.98 Å². The topological polar surface area (TPSA) is 34.1 Å². The van der Waals surface area contributed by atoms with E-state index >= 15 is 0 Å². The van der Waals surface area contributed by atoms with Crippen LogP contribution >= 0.6 is 11.3 Å². The van der Waals surface area contributed by atoms with Gasteiger partial charge >= 0.3 is 0 Å². The Balaban J connectivity index is 2.00. The van der Waals surface area contributed by atoms with Crippen LogP contribution in [0.5, 0.6) is 5.75 Å². The van der Waals surface area contributed by atoms with E-state index in [0.29, 0.717) is 12.1 Å². The Kier molecular flexibility index (Phi) is 4.33. The molecule has 0 bridgehead atoms. The summed E-state index contributed by atoms with van der Waals surface area (Å²) in [6.45, 7) is 4.33. The first kappa shape index (κ1) is 13.1. The molecule has 1 aromatic heterocycles. The van der Waals surface area contributed by atoms with E-state index < -0.39 is 0 Å². The van der Waals surface area contributed by atoms with Crippen molar-refractivity contribution in [1.29, 1.82) is 0 Å². The molecule has 0 radical (unpaired) electrons. The molecule has 96 valence electrons. The van der Waals surface area contributed by atoms with Gasteiger partial charge in [0.2, 0.25) is 0 Å². The number of rotatable bonds is 5. The van der Waals surface area contributed by atoms with Gasteiger partial charge < -0.3 is 10.1 Å². The fourth-order valence-electron chi connectivity index (χ4n) is 1.89. The maximum atomic E-state index is 5.16. The van der Waals surface area contributed by atoms with Gasteiger partial charge in [0, 0.05) is 23.2 Å². The normalized spacial score (nSPS) is 14.2.